The second-order valence-corrected chi connectivity index (χ2v) is 9.34. The SMILES string of the molecule is CC1(C)O[C@@H]2CN(c3ccc(OS(=O)(=O)C(F)(F)F)c(Cc4ccccc4)n3)C(=O)[C@@H]2O1. The van der Waals surface area contributed by atoms with E-state index in [0.29, 0.717) is 5.56 Å². The van der Waals surface area contributed by atoms with Crippen molar-refractivity contribution in [3.05, 3.63) is 53.7 Å². The van der Waals surface area contributed by atoms with E-state index in [0.717, 1.165) is 6.07 Å². The first-order valence-corrected chi connectivity index (χ1v) is 11.0. The van der Waals surface area contributed by atoms with Crippen molar-refractivity contribution in [3.8, 4) is 5.75 Å². The number of nitrogens with zero attached hydrogens (tertiary/aromatic N) is 2. The first-order chi connectivity index (χ1) is 14.9. The van der Waals surface area contributed by atoms with Gasteiger partial charge in [-0.05, 0) is 31.5 Å². The quantitative estimate of drug-likeness (QED) is 0.488. The van der Waals surface area contributed by atoms with E-state index in [1.807, 2.05) is 0 Å². The van der Waals surface area contributed by atoms with Gasteiger partial charge in [0.25, 0.3) is 5.91 Å². The van der Waals surface area contributed by atoms with Crippen molar-refractivity contribution in [2.45, 2.75) is 43.8 Å². The molecular weight excluding hydrogens is 453 g/mol. The molecule has 2 atom stereocenters. The summed E-state index contributed by atoms with van der Waals surface area (Å²) in [5.41, 5.74) is -5.02. The van der Waals surface area contributed by atoms with Crippen molar-refractivity contribution < 1.29 is 40.0 Å². The zero-order valence-electron chi connectivity index (χ0n) is 17.0. The molecule has 1 aromatic heterocycles. The molecule has 2 aliphatic heterocycles. The number of hydrogen-bond acceptors (Lipinski definition) is 7. The van der Waals surface area contributed by atoms with Gasteiger partial charge in [0.2, 0.25) is 0 Å². The second kappa shape index (κ2) is 7.71. The topological polar surface area (TPSA) is 95.0 Å². The zero-order chi connectivity index (χ0) is 23.3. The molecule has 2 fully saturated rings. The predicted molar refractivity (Wildman–Crippen MR) is 105 cm³/mol. The van der Waals surface area contributed by atoms with Crippen LogP contribution in [-0.4, -0.2) is 49.4 Å². The summed E-state index contributed by atoms with van der Waals surface area (Å²) < 4.78 is 77.3. The molecule has 4 rings (SSSR count). The van der Waals surface area contributed by atoms with Gasteiger partial charge in [-0.1, -0.05) is 30.3 Å². The van der Waals surface area contributed by atoms with E-state index in [-0.39, 0.29) is 24.5 Å². The van der Waals surface area contributed by atoms with Crippen molar-refractivity contribution in [1.82, 2.24) is 4.98 Å². The monoisotopic (exact) mass is 472 g/mol. The number of fused-ring (bicyclic) bond motifs is 1. The Balaban J connectivity index is 1.67. The van der Waals surface area contributed by atoms with Crippen LogP contribution < -0.4 is 9.08 Å². The lowest BCUT2D eigenvalue weighted by molar-refractivity contribution is -0.157. The third-order valence-electron chi connectivity index (χ3n) is 4.95. The summed E-state index contributed by atoms with van der Waals surface area (Å²) in [4.78, 5) is 18.4. The Kier molecular flexibility index (Phi) is 5.42. The molecule has 0 radical (unpaired) electrons. The van der Waals surface area contributed by atoms with E-state index < -0.39 is 45.3 Å². The fourth-order valence-electron chi connectivity index (χ4n) is 3.59. The Bertz CT molecular complexity index is 1140. The van der Waals surface area contributed by atoms with Crippen LogP contribution in [0.15, 0.2) is 42.5 Å². The lowest BCUT2D eigenvalue weighted by Gasteiger charge is -2.23. The Morgan fingerprint density at radius 2 is 1.84 bits per heavy atom. The van der Waals surface area contributed by atoms with Crippen LogP contribution >= 0.6 is 0 Å². The highest BCUT2D eigenvalue weighted by molar-refractivity contribution is 7.88. The predicted octanol–water partition coefficient (Wildman–Crippen LogP) is 2.77. The molecular formula is C20H19F3N2O6S. The first kappa shape index (κ1) is 22.5. The number of benzene rings is 1. The van der Waals surface area contributed by atoms with E-state index >= 15 is 0 Å². The van der Waals surface area contributed by atoms with Crippen LogP contribution in [0.5, 0.6) is 5.75 Å². The molecule has 0 aliphatic carbocycles. The van der Waals surface area contributed by atoms with Crippen LogP contribution in [0.2, 0.25) is 0 Å². The highest BCUT2D eigenvalue weighted by Gasteiger charge is 2.53. The van der Waals surface area contributed by atoms with Gasteiger partial charge in [-0.15, -0.1) is 0 Å². The minimum Gasteiger partial charge on any atom is -0.374 e. The van der Waals surface area contributed by atoms with Crippen LogP contribution in [0.4, 0.5) is 19.0 Å². The van der Waals surface area contributed by atoms with Crippen LogP contribution in [0, 0.1) is 0 Å². The largest absolute Gasteiger partial charge is 0.534 e. The molecule has 172 valence electrons. The maximum atomic E-state index is 12.8. The van der Waals surface area contributed by atoms with Gasteiger partial charge >= 0.3 is 15.6 Å². The zero-order valence-corrected chi connectivity index (χ0v) is 17.8. The number of pyridine rings is 1. The minimum absolute atomic E-state index is 0.0215. The summed E-state index contributed by atoms with van der Waals surface area (Å²) in [6, 6.07) is 10.9. The fraction of sp³-hybridized carbons (Fsp3) is 0.400. The van der Waals surface area contributed by atoms with Crippen LogP contribution in [-0.2, 0) is 30.8 Å². The van der Waals surface area contributed by atoms with E-state index in [1.54, 1.807) is 44.2 Å². The maximum Gasteiger partial charge on any atom is 0.534 e. The summed E-state index contributed by atoms with van der Waals surface area (Å²) in [6.07, 6.45) is -1.38. The highest BCUT2D eigenvalue weighted by atomic mass is 32.2. The van der Waals surface area contributed by atoms with E-state index in [4.69, 9.17) is 9.47 Å². The molecule has 32 heavy (non-hydrogen) atoms. The molecule has 2 aromatic rings. The molecule has 0 spiro atoms. The number of alkyl halides is 3. The van der Waals surface area contributed by atoms with Crippen LogP contribution in [0.25, 0.3) is 0 Å². The number of aromatic nitrogens is 1. The number of carbonyl (C=O) groups is 1. The highest BCUT2D eigenvalue weighted by Crippen LogP contribution is 2.37. The molecule has 1 amide bonds. The molecule has 12 heteroatoms. The fourth-order valence-corrected chi connectivity index (χ4v) is 4.08. The molecule has 0 unspecified atom stereocenters. The Morgan fingerprint density at radius 1 is 1.16 bits per heavy atom. The Labute approximate surface area is 182 Å². The average Bonchev–Trinajstić information content (AvgIpc) is 3.15. The normalized spacial score (nSPS) is 22.8. The second-order valence-electron chi connectivity index (χ2n) is 7.80. The number of halogens is 3. The van der Waals surface area contributed by atoms with Gasteiger partial charge in [-0.2, -0.15) is 21.6 Å². The summed E-state index contributed by atoms with van der Waals surface area (Å²) in [5.74, 6) is -1.77. The third kappa shape index (κ3) is 4.30. The van der Waals surface area contributed by atoms with Gasteiger partial charge in [0.15, 0.2) is 17.6 Å². The molecule has 8 nitrogen and oxygen atoms in total. The van der Waals surface area contributed by atoms with Crippen LogP contribution in [0.1, 0.15) is 25.1 Å². The average molecular weight is 472 g/mol. The smallest absolute Gasteiger partial charge is 0.374 e. The molecule has 0 bridgehead atoms. The first-order valence-electron chi connectivity index (χ1n) is 9.58. The van der Waals surface area contributed by atoms with Gasteiger partial charge in [-0.25, -0.2) is 4.98 Å². The molecule has 1 aromatic carbocycles. The number of carbonyl (C=O) groups excluding carboxylic acids is 1. The number of amides is 1. The van der Waals surface area contributed by atoms with E-state index in [1.165, 1.54) is 11.0 Å². The molecule has 0 saturated carbocycles. The summed E-state index contributed by atoms with van der Waals surface area (Å²) >= 11 is 0. The molecule has 3 heterocycles. The van der Waals surface area contributed by atoms with Crippen molar-refractivity contribution in [3.63, 3.8) is 0 Å². The standard InChI is InChI=1S/C20H19F3N2O6S/c1-19(2)29-15-11-25(18(26)17(15)30-19)16-9-8-14(31-32(27,28)20(21,22)23)13(24-16)10-12-6-4-3-5-7-12/h3-9,15,17H,10-11H2,1-2H3/t15-,17-/m1/s1. The number of anilines is 1. The van der Waals surface area contributed by atoms with Crippen molar-refractivity contribution >= 4 is 21.8 Å². The Morgan fingerprint density at radius 3 is 2.47 bits per heavy atom. The van der Waals surface area contributed by atoms with Gasteiger partial charge in [0.1, 0.15) is 11.9 Å². The number of ether oxygens (including phenoxy) is 2. The summed E-state index contributed by atoms with van der Waals surface area (Å²) in [6.45, 7) is 3.50. The molecule has 2 aliphatic rings. The lowest BCUT2D eigenvalue weighted by Crippen LogP contribution is -2.35. The van der Waals surface area contributed by atoms with Gasteiger partial charge in [-0.3, -0.25) is 9.69 Å². The summed E-state index contributed by atoms with van der Waals surface area (Å²) in [7, 11) is -5.89. The lowest BCUT2D eigenvalue weighted by atomic mass is 10.1. The van der Waals surface area contributed by atoms with Gasteiger partial charge < -0.3 is 13.7 Å². The number of rotatable bonds is 5. The maximum absolute atomic E-state index is 12.8. The summed E-state index contributed by atoms with van der Waals surface area (Å²) in [5, 5.41) is 0. The molecule has 2 saturated heterocycles. The third-order valence-corrected chi connectivity index (χ3v) is 5.91. The Hall–Kier alpha value is -2.70. The van der Waals surface area contributed by atoms with Crippen molar-refractivity contribution in [2.24, 2.45) is 0 Å². The van der Waals surface area contributed by atoms with Gasteiger partial charge in [0, 0.05) is 6.42 Å². The van der Waals surface area contributed by atoms with Crippen molar-refractivity contribution in [2.75, 3.05) is 11.4 Å². The number of hydrogen-bond donors (Lipinski definition) is 0. The van der Waals surface area contributed by atoms with E-state index in [9.17, 15) is 26.4 Å². The molecule has 0 N–H and O–H groups in total. The van der Waals surface area contributed by atoms with Crippen LogP contribution in [0.3, 0.4) is 0 Å². The minimum atomic E-state index is -5.89. The van der Waals surface area contributed by atoms with Gasteiger partial charge in [0.05, 0.1) is 12.2 Å². The van der Waals surface area contributed by atoms with E-state index in [2.05, 4.69) is 9.17 Å². The van der Waals surface area contributed by atoms with Crippen molar-refractivity contribution in [1.29, 1.82) is 0 Å².